The minimum Gasteiger partial charge on any atom is -0.469 e. The van der Waals surface area contributed by atoms with E-state index in [9.17, 15) is 5.26 Å². The molecular weight excluding hydrogens is 492 g/mol. The Morgan fingerprint density at radius 3 is 2.42 bits per heavy atom. The Balaban J connectivity index is 0.000000312. The minimum absolute atomic E-state index is 0.0494. The van der Waals surface area contributed by atoms with Crippen LogP contribution in [0.5, 0.6) is 5.88 Å². The van der Waals surface area contributed by atoms with Gasteiger partial charge in [0.1, 0.15) is 35.0 Å². The quantitative estimate of drug-likeness (QED) is 0.269. The van der Waals surface area contributed by atoms with E-state index in [1.807, 2.05) is 43.3 Å². The van der Waals surface area contributed by atoms with Crippen LogP contribution in [-0.2, 0) is 13.2 Å². The lowest BCUT2D eigenvalue weighted by Crippen LogP contribution is -2.02. The molecule has 182 valence electrons. The lowest BCUT2D eigenvalue weighted by atomic mass is 10.0. The molecule has 3 aromatic rings. The van der Waals surface area contributed by atoms with Crippen LogP contribution in [0.3, 0.4) is 0 Å². The molecule has 0 aliphatic heterocycles. The monoisotopic (exact) mass is 512 g/mol. The molecule has 1 aromatic carbocycles. The number of benzene rings is 1. The summed E-state index contributed by atoms with van der Waals surface area (Å²) < 4.78 is 5.76. The molecule has 0 bridgehead atoms. The van der Waals surface area contributed by atoms with Gasteiger partial charge in [-0.3, -0.25) is 0 Å². The zero-order chi connectivity index (χ0) is 27.6. The number of nitriles is 2. The fourth-order valence-electron chi connectivity index (χ4n) is 2.70. The second kappa shape index (κ2) is 16.1. The largest absolute Gasteiger partial charge is 0.469 e. The van der Waals surface area contributed by atoms with E-state index in [0.717, 1.165) is 26.7 Å². The first-order valence-electron chi connectivity index (χ1n) is 10.8. The van der Waals surface area contributed by atoms with Crippen molar-refractivity contribution in [1.82, 2.24) is 9.97 Å². The van der Waals surface area contributed by atoms with Crippen molar-refractivity contribution in [2.75, 3.05) is 0 Å². The maximum absolute atomic E-state index is 9.54. The van der Waals surface area contributed by atoms with E-state index < -0.39 is 0 Å². The zero-order valence-electron chi connectivity index (χ0n) is 20.5. The maximum atomic E-state index is 9.54. The number of hydrogen-bond acceptors (Lipinski definition) is 8. The third kappa shape index (κ3) is 9.21. The number of nitrogens with two attached hydrogens (primary N) is 1. The molecule has 0 aliphatic carbocycles. The number of rotatable bonds is 6. The predicted molar refractivity (Wildman–Crippen MR) is 146 cm³/mol. The van der Waals surface area contributed by atoms with E-state index >= 15 is 0 Å². The Morgan fingerprint density at radius 2 is 1.79 bits per heavy atom. The molecule has 7 nitrogen and oxygen atoms in total. The average molecular weight is 513 g/mol. The molecule has 38 heavy (non-hydrogen) atoms. The van der Waals surface area contributed by atoms with E-state index in [4.69, 9.17) is 15.7 Å². The smallest absolute Gasteiger partial charge is 0.232 e. The van der Waals surface area contributed by atoms with Crippen LogP contribution < -0.4 is 10.5 Å². The lowest BCUT2D eigenvalue weighted by molar-refractivity contribution is 0.292. The molecule has 2 heterocycles. The number of aliphatic imine (C=N–C) groups is 1. The first kappa shape index (κ1) is 28.6. The summed E-state index contributed by atoms with van der Waals surface area (Å²) >= 11 is 1.55. The van der Waals surface area contributed by atoms with Gasteiger partial charge < -0.3 is 10.5 Å². The van der Waals surface area contributed by atoms with Crippen LogP contribution in [0.25, 0.3) is 11.1 Å². The highest BCUT2D eigenvalue weighted by atomic mass is 32.1. The van der Waals surface area contributed by atoms with E-state index in [-0.39, 0.29) is 12.3 Å². The summed E-state index contributed by atoms with van der Waals surface area (Å²) in [6.07, 6.45) is 1.65. The van der Waals surface area contributed by atoms with Crippen LogP contribution in [0, 0.1) is 29.6 Å². The highest BCUT2D eigenvalue weighted by Crippen LogP contribution is 2.29. The van der Waals surface area contributed by atoms with Crippen LogP contribution in [0.2, 0.25) is 0 Å². The van der Waals surface area contributed by atoms with Gasteiger partial charge in [0.05, 0.1) is 5.69 Å². The molecule has 0 saturated heterocycles. The summed E-state index contributed by atoms with van der Waals surface area (Å²) in [4.78, 5) is 13.2. The average Bonchev–Trinajstić information content (AvgIpc) is 3.33. The normalized spacial score (nSPS) is 8.32. The van der Waals surface area contributed by atoms with Gasteiger partial charge in [-0.1, -0.05) is 42.6 Å². The molecule has 0 spiro atoms. The molecule has 0 fully saturated rings. The number of pyridine rings is 1. The number of thiazole rings is 1. The van der Waals surface area contributed by atoms with Gasteiger partial charge in [-0.05, 0) is 42.3 Å². The van der Waals surface area contributed by atoms with Crippen molar-refractivity contribution in [2.45, 2.75) is 20.1 Å². The number of ether oxygens (including phenoxy) is 1. The topological polar surface area (TPSA) is 121 Å². The van der Waals surface area contributed by atoms with Crippen molar-refractivity contribution in [3.8, 4) is 29.1 Å². The van der Waals surface area contributed by atoms with Gasteiger partial charge in [0.25, 0.3) is 0 Å². The molecule has 0 saturated carbocycles. The third-order valence-electron chi connectivity index (χ3n) is 4.35. The predicted octanol–water partition coefficient (Wildman–Crippen LogP) is 5.39. The third-order valence-corrected chi connectivity index (χ3v) is 5.34. The number of aryl methyl sites for hydroxylation is 1. The molecular formula is C30H20N6OS. The number of nitrogens with zero attached hydrogens (tertiary/aromatic N) is 5. The molecule has 8 heteroatoms. The Hall–Kier alpha value is -5.61. The van der Waals surface area contributed by atoms with E-state index in [1.54, 1.807) is 23.6 Å². The highest BCUT2D eigenvalue weighted by molar-refractivity contribution is 7.11. The molecule has 0 atom stereocenters. The molecule has 2 N–H and O–H groups in total. The van der Waals surface area contributed by atoms with Gasteiger partial charge in [-0.2, -0.15) is 15.5 Å². The summed E-state index contributed by atoms with van der Waals surface area (Å²) in [5.74, 6) is 2.61. The van der Waals surface area contributed by atoms with Crippen LogP contribution in [0.15, 0.2) is 107 Å². The van der Waals surface area contributed by atoms with Gasteiger partial charge in [-0.15, -0.1) is 11.3 Å². The van der Waals surface area contributed by atoms with Crippen LogP contribution in [0.4, 0.5) is 0 Å². The summed E-state index contributed by atoms with van der Waals surface area (Å²) in [6.45, 7) is 9.23. The van der Waals surface area contributed by atoms with Crippen LogP contribution in [-0.4, -0.2) is 15.8 Å². The maximum Gasteiger partial charge on any atom is 0.232 e. The number of aromatic nitrogens is 2. The van der Waals surface area contributed by atoms with Crippen LogP contribution in [0.1, 0.15) is 21.1 Å². The fourth-order valence-corrected chi connectivity index (χ4v) is 3.58. The zero-order valence-corrected chi connectivity index (χ0v) is 21.3. The highest BCUT2D eigenvalue weighted by Gasteiger charge is 2.14. The summed E-state index contributed by atoms with van der Waals surface area (Å²) in [7, 11) is 0. The second-order valence-corrected chi connectivity index (χ2v) is 8.12. The van der Waals surface area contributed by atoms with Crippen molar-refractivity contribution >= 4 is 17.2 Å². The fraction of sp³-hybridized carbons (Fsp3) is 0.100. The Bertz CT molecular complexity index is 1700. The van der Waals surface area contributed by atoms with E-state index in [1.165, 1.54) is 0 Å². The van der Waals surface area contributed by atoms with Crippen molar-refractivity contribution in [1.29, 1.82) is 10.5 Å². The Labute approximate surface area is 224 Å². The first-order valence-corrected chi connectivity index (χ1v) is 11.6. The minimum atomic E-state index is 0.0494. The van der Waals surface area contributed by atoms with Crippen molar-refractivity contribution in [2.24, 2.45) is 10.7 Å². The molecule has 0 amide bonds. The van der Waals surface area contributed by atoms with E-state index in [2.05, 4.69) is 80.2 Å². The van der Waals surface area contributed by atoms with Crippen molar-refractivity contribution in [3.63, 3.8) is 0 Å². The standard InChI is InChI=1S/C18H16N4OS.C12H4N2/c1-12-16(10-20)22-17(24-12)11-23-18-15(9-19)14(7-8-21-18)13-5-3-2-4-6-13;1-3-4-5-6-7-8-9-10-14-12(2)11-13/h2-8H,10-11,20H2,1H3;1-2H2. The van der Waals surface area contributed by atoms with Crippen LogP contribution >= 0.6 is 11.3 Å². The Kier molecular flexibility index (Phi) is 12.2. The van der Waals surface area contributed by atoms with Crippen molar-refractivity contribution < 1.29 is 4.74 Å². The molecule has 2 aromatic heterocycles. The summed E-state index contributed by atoms with van der Waals surface area (Å²) in [5, 5.41) is 18.6. The molecule has 0 aliphatic rings. The van der Waals surface area contributed by atoms with E-state index in [0.29, 0.717) is 18.0 Å². The lowest BCUT2D eigenvalue weighted by Gasteiger charge is -2.09. The summed E-state index contributed by atoms with van der Waals surface area (Å²) in [5.41, 5.74) is 25.6. The van der Waals surface area contributed by atoms with Gasteiger partial charge in [0, 0.05) is 46.2 Å². The number of hydrogen-bond donors (Lipinski definition) is 1. The molecule has 0 radical (unpaired) electrons. The SMILES string of the molecule is C=C=C=C=C=C=C=C=C=NC(=C)C#N.Cc1sc(COc2nccc(-c3ccccc3)c2C#N)nc1CN. The molecule has 0 unspecified atom stereocenters. The van der Waals surface area contributed by atoms with Gasteiger partial charge >= 0.3 is 0 Å². The molecule has 3 rings (SSSR count). The Morgan fingerprint density at radius 1 is 1.08 bits per heavy atom. The first-order chi connectivity index (χ1) is 18.5. The second-order valence-electron chi connectivity index (χ2n) is 6.83. The van der Waals surface area contributed by atoms with Crippen molar-refractivity contribution in [3.05, 3.63) is 123 Å². The van der Waals surface area contributed by atoms with Gasteiger partial charge in [0.2, 0.25) is 5.88 Å². The van der Waals surface area contributed by atoms with Gasteiger partial charge in [-0.25, -0.2) is 9.97 Å². The van der Waals surface area contributed by atoms with Gasteiger partial charge in [0.15, 0.2) is 0 Å². The summed E-state index contributed by atoms with van der Waals surface area (Å²) in [6, 6.07) is 15.5. The number of allylic oxidation sites excluding steroid dienone is 1.